The van der Waals surface area contributed by atoms with Gasteiger partial charge in [0.25, 0.3) is 0 Å². The van der Waals surface area contributed by atoms with Crippen molar-refractivity contribution in [1.82, 2.24) is 4.90 Å². The molecule has 4 heterocycles. The highest BCUT2D eigenvalue weighted by molar-refractivity contribution is 5.66. The molecular formula is C10H15NO3. The molecular weight excluding hydrogens is 182 g/mol. The second-order valence-electron chi connectivity index (χ2n) is 4.57. The van der Waals surface area contributed by atoms with Crippen molar-refractivity contribution in [2.24, 2.45) is 0 Å². The molecule has 0 spiro atoms. The van der Waals surface area contributed by atoms with Gasteiger partial charge in [0.15, 0.2) is 0 Å². The Bertz CT molecular complexity index is 279. The molecule has 4 aliphatic heterocycles. The molecule has 4 rings (SSSR count). The molecule has 4 saturated heterocycles. The third kappa shape index (κ3) is 0.982. The summed E-state index contributed by atoms with van der Waals surface area (Å²) in [7, 11) is 2.11. The molecule has 0 unspecified atom stereocenters. The van der Waals surface area contributed by atoms with Crippen LogP contribution in [0.25, 0.3) is 0 Å². The fraction of sp³-hybridized carbons (Fsp3) is 0.900. The Labute approximate surface area is 83.2 Å². The van der Waals surface area contributed by atoms with Crippen LogP contribution in [-0.4, -0.2) is 48.3 Å². The monoisotopic (exact) mass is 197 g/mol. The van der Waals surface area contributed by atoms with E-state index in [0.717, 1.165) is 12.8 Å². The second kappa shape index (κ2) is 2.70. The molecule has 0 aromatic carbocycles. The number of likely N-dealkylation sites (N-methyl/N-ethyl adjacent to an activating group) is 1. The van der Waals surface area contributed by atoms with E-state index in [1.165, 1.54) is 6.92 Å². The Kier molecular flexibility index (Phi) is 1.67. The van der Waals surface area contributed by atoms with Crippen molar-refractivity contribution in [3.05, 3.63) is 0 Å². The first-order chi connectivity index (χ1) is 6.66. The molecule has 4 aliphatic rings. The molecule has 4 heteroatoms. The summed E-state index contributed by atoms with van der Waals surface area (Å²) in [6.07, 6.45) is 2.64. The number of hydrogen-bond donors (Lipinski definition) is 0. The maximum absolute atomic E-state index is 11.0. The number of hydrogen-bond acceptors (Lipinski definition) is 4. The maximum Gasteiger partial charge on any atom is 0.303 e. The summed E-state index contributed by atoms with van der Waals surface area (Å²) < 4.78 is 11.2. The van der Waals surface area contributed by atoms with Crippen LogP contribution < -0.4 is 0 Å². The number of carbonyl (C=O) groups is 1. The molecule has 4 fully saturated rings. The predicted molar refractivity (Wildman–Crippen MR) is 48.8 cm³/mol. The van der Waals surface area contributed by atoms with Gasteiger partial charge in [0.05, 0.1) is 12.1 Å². The van der Waals surface area contributed by atoms with Crippen molar-refractivity contribution in [2.45, 2.75) is 50.2 Å². The molecule has 0 aromatic heterocycles. The molecule has 0 aromatic rings. The van der Waals surface area contributed by atoms with Gasteiger partial charge >= 0.3 is 5.97 Å². The summed E-state index contributed by atoms with van der Waals surface area (Å²) in [6, 6.07) is 0.865. The van der Waals surface area contributed by atoms with E-state index < -0.39 is 0 Å². The van der Waals surface area contributed by atoms with Crippen LogP contribution in [0.2, 0.25) is 0 Å². The van der Waals surface area contributed by atoms with Crippen LogP contribution in [0.3, 0.4) is 0 Å². The molecule has 5 atom stereocenters. The first kappa shape index (κ1) is 8.68. The van der Waals surface area contributed by atoms with Gasteiger partial charge in [0, 0.05) is 13.0 Å². The molecule has 0 aliphatic carbocycles. The van der Waals surface area contributed by atoms with Gasteiger partial charge in [-0.15, -0.1) is 0 Å². The average Bonchev–Trinajstić information content (AvgIpc) is 2.52. The van der Waals surface area contributed by atoms with Crippen molar-refractivity contribution in [3.63, 3.8) is 0 Å². The van der Waals surface area contributed by atoms with E-state index in [1.807, 2.05) is 0 Å². The lowest BCUT2D eigenvalue weighted by Crippen LogP contribution is -2.46. The molecule has 0 saturated carbocycles. The third-order valence-electron chi connectivity index (χ3n) is 3.79. The van der Waals surface area contributed by atoms with Gasteiger partial charge in [-0.3, -0.25) is 9.69 Å². The molecule has 0 radical (unpaired) electrons. The molecule has 14 heavy (non-hydrogen) atoms. The first-order valence-electron chi connectivity index (χ1n) is 5.21. The standard InChI is InChI=1S/C10H15NO3/c1-5(12)13-9-7-3-6-4-8(11(7)2)10(9)14-6/h6-10H,3-4H2,1-2H3/t6-,7-,8+,9-,10-/m0/s1. The van der Waals surface area contributed by atoms with Crippen molar-refractivity contribution in [1.29, 1.82) is 0 Å². The van der Waals surface area contributed by atoms with Gasteiger partial charge in [-0.05, 0) is 19.9 Å². The van der Waals surface area contributed by atoms with Crippen LogP contribution in [-0.2, 0) is 14.3 Å². The smallest absolute Gasteiger partial charge is 0.303 e. The summed E-state index contributed by atoms with van der Waals surface area (Å²) >= 11 is 0. The zero-order valence-corrected chi connectivity index (χ0v) is 8.47. The largest absolute Gasteiger partial charge is 0.458 e. The lowest BCUT2D eigenvalue weighted by atomic mass is 10.0. The van der Waals surface area contributed by atoms with Crippen LogP contribution in [0.4, 0.5) is 0 Å². The van der Waals surface area contributed by atoms with E-state index in [2.05, 4.69) is 11.9 Å². The van der Waals surface area contributed by atoms with Gasteiger partial charge in [-0.25, -0.2) is 0 Å². The van der Waals surface area contributed by atoms with Crippen LogP contribution in [0.5, 0.6) is 0 Å². The van der Waals surface area contributed by atoms with E-state index in [4.69, 9.17) is 9.47 Å². The van der Waals surface area contributed by atoms with Crippen molar-refractivity contribution in [3.8, 4) is 0 Å². The zero-order chi connectivity index (χ0) is 9.87. The number of ether oxygens (including phenoxy) is 2. The van der Waals surface area contributed by atoms with E-state index >= 15 is 0 Å². The Morgan fingerprint density at radius 1 is 1.43 bits per heavy atom. The fourth-order valence-corrected chi connectivity index (χ4v) is 3.22. The van der Waals surface area contributed by atoms with Gasteiger partial charge in [-0.2, -0.15) is 0 Å². The van der Waals surface area contributed by atoms with Gasteiger partial charge < -0.3 is 9.47 Å². The van der Waals surface area contributed by atoms with E-state index in [0.29, 0.717) is 18.2 Å². The van der Waals surface area contributed by atoms with Crippen LogP contribution in [0.15, 0.2) is 0 Å². The lowest BCUT2D eigenvalue weighted by Gasteiger charge is -2.35. The minimum atomic E-state index is -0.192. The minimum absolute atomic E-state index is 0.0266. The molecule has 78 valence electrons. The van der Waals surface area contributed by atoms with Crippen LogP contribution in [0.1, 0.15) is 19.8 Å². The summed E-state index contributed by atoms with van der Waals surface area (Å²) in [4.78, 5) is 13.3. The summed E-state index contributed by atoms with van der Waals surface area (Å²) in [5.74, 6) is -0.192. The summed E-state index contributed by atoms with van der Waals surface area (Å²) in [5, 5.41) is 0. The molecule has 0 amide bonds. The average molecular weight is 197 g/mol. The minimum Gasteiger partial charge on any atom is -0.458 e. The Hall–Kier alpha value is -0.610. The van der Waals surface area contributed by atoms with E-state index in [1.54, 1.807) is 0 Å². The van der Waals surface area contributed by atoms with Crippen molar-refractivity contribution < 1.29 is 14.3 Å². The number of carbonyl (C=O) groups excluding carboxylic acids is 1. The van der Waals surface area contributed by atoms with Gasteiger partial charge in [0.1, 0.15) is 12.2 Å². The maximum atomic E-state index is 11.0. The molecule has 4 nitrogen and oxygen atoms in total. The Balaban J connectivity index is 1.85. The lowest BCUT2D eigenvalue weighted by molar-refractivity contribution is -0.160. The normalized spacial score (nSPS) is 50.0. The van der Waals surface area contributed by atoms with E-state index in [9.17, 15) is 4.79 Å². The topological polar surface area (TPSA) is 38.8 Å². The quantitative estimate of drug-likeness (QED) is 0.561. The third-order valence-corrected chi connectivity index (χ3v) is 3.79. The Morgan fingerprint density at radius 3 is 2.79 bits per heavy atom. The molecule has 4 bridgehead atoms. The predicted octanol–water partition coefficient (Wildman–Crippen LogP) is 0.162. The fourth-order valence-electron chi connectivity index (χ4n) is 3.22. The van der Waals surface area contributed by atoms with Gasteiger partial charge in [0.2, 0.25) is 0 Å². The number of nitrogens with zero attached hydrogens (tertiary/aromatic N) is 1. The van der Waals surface area contributed by atoms with Crippen molar-refractivity contribution in [2.75, 3.05) is 7.05 Å². The number of esters is 1. The van der Waals surface area contributed by atoms with Crippen LogP contribution >= 0.6 is 0 Å². The second-order valence-corrected chi connectivity index (χ2v) is 4.57. The molecule has 0 N–H and O–H groups in total. The van der Waals surface area contributed by atoms with E-state index in [-0.39, 0.29) is 18.2 Å². The highest BCUT2D eigenvalue weighted by Gasteiger charge is 2.59. The highest BCUT2D eigenvalue weighted by atomic mass is 16.6. The van der Waals surface area contributed by atoms with Crippen LogP contribution in [0, 0.1) is 0 Å². The zero-order valence-electron chi connectivity index (χ0n) is 8.47. The Morgan fingerprint density at radius 2 is 2.14 bits per heavy atom. The number of piperidine rings is 1. The number of rotatable bonds is 1. The SMILES string of the molecule is CC(=O)O[C@@H]1[C@H]2O[C@@H]3C[C@H]2N(C)[C@H]1C3. The highest BCUT2D eigenvalue weighted by Crippen LogP contribution is 2.45. The van der Waals surface area contributed by atoms with Gasteiger partial charge in [-0.1, -0.05) is 0 Å². The summed E-state index contributed by atoms with van der Waals surface area (Å²) in [6.45, 7) is 1.47. The van der Waals surface area contributed by atoms with Crippen molar-refractivity contribution >= 4 is 5.97 Å². The first-order valence-corrected chi connectivity index (χ1v) is 5.21. The summed E-state index contributed by atoms with van der Waals surface area (Å²) in [5.41, 5.74) is 0.